The maximum absolute atomic E-state index is 13.1. The number of para-hydroxylation sites is 1. The number of hydrogen-bond donors (Lipinski definition) is 2. The van der Waals surface area contributed by atoms with Crippen molar-refractivity contribution in [2.75, 3.05) is 19.0 Å². The van der Waals surface area contributed by atoms with Gasteiger partial charge in [-0.3, -0.25) is 14.4 Å². The summed E-state index contributed by atoms with van der Waals surface area (Å²) < 4.78 is 6.57. The highest BCUT2D eigenvalue weighted by Crippen LogP contribution is 2.24. The number of ether oxygens (including phenoxy) is 1. The molecule has 33 heavy (non-hydrogen) atoms. The molecule has 2 N–H and O–H groups in total. The van der Waals surface area contributed by atoms with Crippen LogP contribution in [0.4, 0.5) is 5.69 Å². The zero-order chi connectivity index (χ0) is 23.2. The van der Waals surface area contributed by atoms with E-state index in [9.17, 15) is 14.4 Å². The van der Waals surface area contributed by atoms with Gasteiger partial charge in [-0.25, -0.2) is 0 Å². The fourth-order valence-corrected chi connectivity index (χ4v) is 3.57. The number of esters is 1. The number of fused-ring (bicyclic) bond motifs is 1. The molecule has 0 atom stereocenters. The number of nitrogens with one attached hydrogen (secondary N) is 2. The molecule has 0 bridgehead atoms. The Balaban J connectivity index is 1.50. The SMILES string of the molecule is COC(=O)CNC(=O)c1ccc(NC(=O)c2cn(Cc3ccccc3)c3ccccc23)cc1. The van der Waals surface area contributed by atoms with Gasteiger partial charge in [-0.05, 0) is 35.9 Å². The average molecular weight is 441 g/mol. The molecule has 0 aliphatic carbocycles. The second-order valence-electron chi connectivity index (χ2n) is 7.46. The maximum atomic E-state index is 13.1. The average Bonchev–Trinajstić information content (AvgIpc) is 3.22. The third kappa shape index (κ3) is 5.10. The van der Waals surface area contributed by atoms with Gasteiger partial charge < -0.3 is 19.9 Å². The summed E-state index contributed by atoms with van der Waals surface area (Å²) in [5.74, 6) is -1.16. The number of carbonyl (C=O) groups is 3. The highest BCUT2D eigenvalue weighted by atomic mass is 16.5. The first-order valence-electron chi connectivity index (χ1n) is 10.4. The van der Waals surface area contributed by atoms with Crippen LogP contribution in [0, 0.1) is 0 Å². The number of amides is 2. The van der Waals surface area contributed by atoms with Gasteiger partial charge in [0.05, 0.1) is 12.7 Å². The molecule has 0 fully saturated rings. The molecule has 166 valence electrons. The van der Waals surface area contributed by atoms with Crippen LogP contribution in [0.5, 0.6) is 0 Å². The first-order chi connectivity index (χ1) is 16.0. The standard InChI is InChI=1S/C26H23N3O4/c1-33-24(30)15-27-25(31)19-11-13-20(14-12-19)28-26(32)22-17-29(16-18-7-3-2-4-8-18)23-10-6-5-9-21(22)23/h2-14,17H,15-16H2,1H3,(H,27,31)(H,28,32). The van der Waals surface area contributed by atoms with Crippen molar-refractivity contribution in [3.05, 3.63) is 102 Å². The molecule has 2 amide bonds. The molecule has 7 nitrogen and oxygen atoms in total. The minimum absolute atomic E-state index is 0.207. The van der Waals surface area contributed by atoms with Crippen molar-refractivity contribution in [2.45, 2.75) is 6.54 Å². The van der Waals surface area contributed by atoms with Gasteiger partial charge in [0.2, 0.25) is 0 Å². The zero-order valence-corrected chi connectivity index (χ0v) is 18.1. The number of benzene rings is 3. The molecule has 7 heteroatoms. The Labute approximate surface area is 191 Å². The molecule has 4 rings (SSSR count). The fraction of sp³-hybridized carbons (Fsp3) is 0.115. The molecule has 0 aliphatic rings. The molecule has 0 saturated carbocycles. The van der Waals surface area contributed by atoms with Crippen molar-refractivity contribution in [3.63, 3.8) is 0 Å². The normalized spacial score (nSPS) is 10.6. The Bertz CT molecular complexity index is 1290. The molecule has 0 saturated heterocycles. The second-order valence-corrected chi connectivity index (χ2v) is 7.46. The van der Waals surface area contributed by atoms with Gasteiger partial charge in [0.25, 0.3) is 11.8 Å². The van der Waals surface area contributed by atoms with Gasteiger partial charge in [0.15, 0.2) is 0 Å². The van der Waals surface area contributed by atoms with E-state index in [0.29, 0.717) is 23.4 Å². The first kappa shape index (κ1) is 21.8. The Morgan fingerprint density at radius 1 is 0.848 bits per heavy atom. The zero-order valence-electron chi connectivity index (χ0n) is 18.1. The summed E-state index contributed by atoms with van der Waals surface area (Å²) in [5, 5.41) is 6.24. The minimum atomic E-state index is -0.529. The minimum Gasteiger partial charge on any atom is -0.468 e. The van der Waals surface area contributed by atoms with E-state index in [1.807, 2.05) is 48.7 Å². The predicted octanol–water partition coefficient (Wildman–Crippen LogP) is 3.84. The van der Waals surface area contributed by atoms with Crippen molar-refractivity contribution in [2.24, 2.45) is 0 Å². The largest absolute Gasteiger partial charge is 0.468 e. The van der Waals surface area contributed by atoms with Crippen LogP contribution in [-0.4, -0.2) is 36.0 Å². The van der Waals surface area contributed by atoms with E-state index < -0.39 is 11.9 Å². The highest BCUT2D eigenvalue weighted by Gasteiger charge is 2.16. The summed E-state index contributed by atoms with van der Waals surface area (Å²) in [4.78, 5) is 36.3. The lowest BCUT2D eigenvalue weighted by atomic mass is 10.1. The van der Waals surface area contributed by atoms with Gasteiger partial charge >= 0.3 is 5.97 Å². The number of carbonyl (C=O) groups excluding carboxylic acids is 3. The molecule has 3 aromatic carbocycles. The Morgan fingerprint density at radius 2 is 1.55 bits per heavy atom. The smallest absolute Gasteiger partial charge is 0.325 e. The summed E-state index contributed by atoms with van der Waals surface area (Å²) in [5.41, 5.74) is 3.62. The predicted molar refractivity (Wildman–Crippen MR) is 126 cm³/mol. The van der Waals surface area contributed by atoms with E-state index in [1.54, 1.807) is 24.3 Å². The fourth-order valence-electron chi connectivity index (χ4n) is 3.57. The van der Waals surface area contributed by atoms with Crippen molar-refractivity contribution >= 4 is 34.4 Å². The lowest BCUT2D eigenvalue weighted by Gasteiger charge is -2.07. The van der Waals surface area contributed by atoms with E-state index in [4.69, 9.17) is 0 Å². The van der Waals surface area contributed by atoms with Gasteiger partial charge in [-0.15, -0.1) is 0 Å². The van der Waals surface area contributed by atoms with Gasteiger partial charge in [0.1, 0.15) is 6.54 Å². The summed E-state index contributed by atoms with van der Waals surface area (Å²) in [6.07, 6.45) is 1.86. The highest BCUT2D eigenvalue weighted by molar-refractivity contribution is 6.13. The Hall–Kier alpha value is -4.39. The van der Waals surface area contributed by atoms with E-state index in [-0.39, 0.29) is 12.5 Å². The van der Waals surface area contributed by atoms with Crippen molar-refractivity contribution < 1.29 is 19.1 Å². The molecule has 0 radical (unpaired) electrons. The summed E-state index contributed by atoms with van der Waals surface area (Å²) in [7, 11) is 1.25. The summed E-state index contributed by atoms with van der Waals surface area (Å²) >= 11 is 0. The number of hydrogen-bond acceptors (Lipinski definition) is 4. The van der Waals surface area contributed by atoms with Gasteiger partial charge in [-0.1, -0.05) is 48.5 Å². The van der Waals surface area contributed by atoms with Crippen LogP contribution in [0.2, 0.25) is 0 Å². The summed E-state index contributed by atoms with van der Waals surface area (Å²) in [6, 6.07) is 24.3. The molecule has 0 spiro atoms. The maximum Gasteiger partial charge on any atom is 0.325 e. The van der Waals surface area contributed by atoms with Crippen molar-refractivity contribution in [3.8, 4) is 0 Å². The lowest BCUT2D eigenvalue weighted by Crippen LogP contribution is -2.30. The van der Waals surface area contributed by atoms with Crippen LogP contribution in [0.15, 0.2) is 85.1 Å². The van der Waals surface area contributed by atoms with Gasteiger partial charge in [-0.2, -0.15) is 0 Å². The lowest BCUT2D eigenvalue weighted by molar-refractivity contribution is -0.139. The third-order valence-corrected chi connectivity index (χ3v) is 5.25. The van der Waals surface area contributed by atoms with Crippen LogP contribution in [0.25, 0.3) is 10.9 Å². The quantitative estimate of drug-likeness (QED) is 0.427. The van der Waals surface area contributed by atoms with E-state index in [2.05, 4.69) is 32.1 Å². The molecule has 0 unspecified atom stereocenters. The summed E-state index contributed by atoms with van der Waals surface area (Å²) in [6.45, 7) is 0.449. The van der Waals surface area contributed by atoms with Crippen LogP contribution in [0.1, 0.15) is 26.3 Å². The molecule has 1 heterocycles. The monoisotopic (exact) mass is 441 g/mol. The molecular weight excluding hydrogens is 418 g/mol. The molecule has 1 aromatic heterocycles. The van der Waals surface area contributed by atoms with Gasteiger partial charge in [0, 0.05) is 34.9 Å². The third-order valence-electron chi connectivity index (χ3n) is 5.25. The first-order valence-corrected chi connectivity index (χ1v) is 10.4. The molecular formula is C26H23N3O4. The van der Waals surface area contributed by atoms with Crippen LogP contribution >= 0.6 is 0 Å². The van der Waals surface area contributed by atoms with Crippen molar-refractivity contribution in [1.82, 2.24) is 9.88 Å². The molecule has 4 aromatic rings. The Kier molecular flexibility index (Phi) is 6.50. The van der Waals surface area contributed by atoms with E-state index >= 15 is 0 Å². The Morgan fingerprint density at radius 3 is 2.27 bits per heavy atom. The van der Waals surface area contributed by atoms with E-state index in [0.717, 1.165) is 16.5 Å². The van der Waals surface area contributed by atoms with Crippen LogP contribution in [-0.2, 0) is 16.1 Å². The number of anilines is 1. The molecule has 0 aliphatic heterocycles. The van der Waals surface area contributed by atoms with E-state index in [1.165, 1.54) is 7.11 Å². The second kappa shape index (κ2) is 9.82. The number of aromatic nitrogens is 1. The number of methoxy groups -OCH3 is 1. The number of rotatable bonds is 7. The van der Waals surface area contributed by atoms with Crippen LogP contribution in [0.3, 0.4) is 0 Å². The number of nitrogens with zero attached hydrogens (tertiary/aromatic N) is 1. The van der Waals surface area contributed by atoms with Crippen molar-refractivity contribution in [1.29, 1.82) is 0 Å². The van der Waals surface area contributed by atoms with Crippen LogP contribution < -0.4 is 10.6 Å². The topological polar surface area (TPSA) is 89.4 Å².